The van der Waals surface area contributed by atoms with Gasteiger partial charge in [-0.05, 0) is 18.4 Å². The Hall–Kier alpha value is -2.97. The van der Waals surface area contributed by atoms with Crippen LogP contribution >= 0.6 is 0 Å². The summed E-state index contributed by atoms with van der Waals surface area (Å²) < 4.78 is 42.6. The van der Waals surface area contributed by atoms with Gasteiger partial charge in [0.15, 0.2) is 0 Å². The summed E-state index contributed by atoms with van der Waals surface area (Å²) in [6, 6.07) is 10.7. The molecule has 2 aliphatic rings. The number of aromatic nitrogens is 4. The first-order valence-corrected chi connectivity index (χ1v) is 9.08. The molecule has 3 aromatic rings. The summed E-state index contributed by atoms with van der Waals surface area (Å²) in [4.78, 5) is 11.0. The van der Waals surface area contributed by atoms with E-state index in [0.29, 0.717) is 12.0 Å². The first-order chi connectivity index (χ1) is 13.5. The van der Waals surface area contributed by atoms with Crippen LogP contribution in [-0.4, -0.2) is 26.2 Å². The summed E-state index contributed by atoms with van der Waals surface area (Å²) in [5.41, 5.74) is 1.42. The summed E-state index contributed by atoms with van der Waals surface area (Å²) in [5, 5.41) is 6.48. The lowest BCUT2D eigenvalue weighted by molar-refractivity contribution is -0.156. The normalized spacial score (nSPS) is 24.1. The molecule has 1 saturated heterocycles. The molecule has 144 valence electrons. The molecule has 0 radical (unpaired) electrons. The molecule has 0 amide bonds. The summed E-state index contributed by atoms with van der Waals surface area (Å²) in [7, 11) is 0. The Morgan fingerprint density at radius 2 is 1.79 bits per heavy atom. The third-order valence-corrected chi connectivity index (χ3v) is 5.55. The van der Waals surface area contributed by atoms with E-state index in [4.69, 9.17) is 4.42 Å². The summed E-state index contributed by atoms with van der Waals surface area (Å²) in [6.45, 7) is 0. The molecule has 1 saturated carbocycles. The minimum Gasteiger partial charge on any atom is -0.413 e. The van der Waals surface area contributed by atoms with E-state index in [1.807, 2.05) is 18.2 Å². The molecule has 5 rings (SSSR count). The average Bonchev–Trinajstić information content (AvgIpc) is 3.12. The Labute approximate surface area is 158 Å². The molecule has 9 heteroatoms. The average molecular weight is 387 g/mol. The van der Waals surface area contributed by atoms with Crippen LogP contribution in [0.5, 0.6) is 0 Å². The first kappa shape index (κ1) is 17.2. The standard InChI is InChI=1S/C19H16F3N5O/c20-19(21,22)16-26-25-15(28-16)12-10-23-17(24-11-12)27-14-8-4-5-9-18(14,27)13-6-2-1-3-7-13/h1-3,6-7,10-11,14H,4-5,8-9H2/t14-,18?,27?/m1/s1. The van der Waals surface area contributed by atoms with Crippen LogP contribution in [-0.2, 0) is 11.7 Å². The van der Waals surface area contributed by atoms with Crippen molar-refractivity contribution >= 4 is 5.95 Å². The van der Waals surface area contributed by atoms with Crippen molar-refractivity contribution < 1.29 is 17.6 Å². The molecule has 1 aromatic carbocycles. The Bertz CT molecular complexity index is 989. The van der Waals surface area contributed by atoms with Crippen molar-refractivity contribution in [2.45, 2.75) is 43.4 Å². The number of nitrogens with zero attached hydrogens (tertiary/aromatic N) is 5. The molecule has 1 aliphatic heterocycles. The number of hydrogen-bond donors (Lipinski definition) is 0. The smallest absolute Gasteiger partial charge is 0.413 e. The van der Waals surface area contributed by atoms with E-state index in [1.54, 1.807) is 0 Å². The maximum absolute atomic E-state index is 12.6. The predicted molar refractivity (Wildman–Crippen MR) is 93.2 cm³/mol. The largest absolute Gasteiger partial charge is 0.470 e. The molecular formula is C19H16F3N5O. The van der Waals surface area contributed by atoms with Crippen molar-refractivity contribution in [3.63, 3.8) is 0 Å². The highest BCUT2D eigenvalue weighted by Gasteiger charge is 2.65. The zero-order valence-electron chi connectivity index (χ0n) is 14.7. The van der Waals surface area contributed by atoms with Crippen LogP contribution in [0.3, 0.4) is 0 Å². The fourth-order valence-electron chi connectivity index (χ4n) is 4.31. The van der Waals surface area contributed by atoms with Crippen LogP contribution in [0.1, 0.15) is 37.1 Å². The molecule has 0 N–H and O–H groups in total. The topological polar surface area (TPSA) is 67.7 Å². The molecule has 1 unspecified atom stereocenters. The third-order valence-electron chi connectivity index (χ3n) is 5.55. The Morgan fingerprint density at radius 1 is 1.04 bits per heavy atom. The maximum Gasteiger partial charge on any atom is 0.470 e. The number of halogens is 3. The van der Waals surface area contributed by atoms with Crippen molar-refractivity contribution in [3.05, 3.63) is 54.2 Å². The SMILES string of the molecule is FC(F)(F)c1nnc(-c2cnc(N3[C@@H]4CCCCC43c3ccccc3)nc2)o1. The molecule has 28 heavy (non-hydrogen) atoms. The second kappa shape index (κ2) is 6.02. The van der Waals surface area contributed by atoms with E-state index in [-0.39, 0.29) is 17.0 Å². The Balaban J connectivity index is 1.44. The zero-order chi connectivity index (χ0) is 19.4. The van der Waals surface area contributed by atoms with Gasteiger partial charge in [0, 0.05) is 12.4 Å². The van der Waals surface area contributed by atoms with E-state index in [1.165, 1.54) is 18.0 Å². The molecule has 3 heterocycles. The lowest BCUT2D eigenvalue weighted by Gasteiger charge is -2.20. The predicted octanol–water partition coefficient (Wildman–Crippen LogP) is 4.20. The third kappa shape index (κ3) is 2.56. The minimum atomic E-state index is -4.68. The minimum absolute atomic E-state index is 0.0883. The van der Waals surface area contributed by atoms with Crippen LogP contribution in [0.15, 0.2) is 47.1 Å². The van der Waals surface area contributed by atoms with Crippen molar-refractivity contribution in [1.29, 1.82) is 0 Å². The quantitative estimate of drug-likeness (QED) is 0.628. The van der Waals surface area contributed by atoms with Gasteiger partial charge in [-0.15, -0.1) is 10.2 Å². The van der Waals surface area contributed by atoms with Crippen molar-refractivity contribution in [1.82, 2.24) is 20.2 Å². The lowest BCUT2D eigenvalue weighted by atomic mass is 9.83. The van der Waals surface area contributed by atoms with Gasteiger partial charge in [0.2, 0.25) is 5.95 Å². The van der Waals surface area contributed by atoms with Gasteiger partial charge in [-0.3, -0.25) is 0 Å². The van der Waals surface area contributed by atoms with E-state index in [2.05, 4.69) is 37.2 Å². The summed E-state index contributed by atoms with van der Waals surface area (Å²) >= 11 is 0. The van der Waals surface area contributed by atoms with Crippen LogP contribution in [0.25, 0.3) is 11.5 Å². The summed E-state index contributed by atoms with van der Waals surface area (Å²) in [5.74, 6) is -1.07. The molecule has 0 bridgehead atoms. The van der Waals surface area contributed by atoms with Gasteiger partial charge in [0.05, 0.1) is 17.1 Å². The Kier molecular flexibility index (Phi) is 3.68. The zero-order valence-corrected chi connectivity index (χ0v) is 14.7. The van der Waals surface area contributed by atoms with E-state index in [0.717, 1.165) is 25.7 Å². The number of alkyl halides is 3. The number of rotatable bonds is 3. The molecular weight excluding hydrogens is 371 g/mol. The highest BCUT2D eigenvalue weighted by Crippen LogP contribution is 2.59. The van der Waals surface area contributed by atoms with E-state index < -0.39 is 12.1 Å². The van der Waals surface area contributed by atoms with Gasteiger partial charge in [0.1, 0.15) is 0 Å². The van der Waals surface area contributed by atoms with Crippen molar-refractivity contribution in [2.75, 3.05) is 4.90 Å². The monoisotopic (exact) mass is 387 g/mol. The fraction of sp³-hybridized carbons (Fsp3) is 0.368. The molecule has 2 fully saturated rings. The van der Waals surface area contributed by atoms with Gasteiger partial charge >= 0.3 is 12.1 Å². The number of hydrogen-bond acceptors (Lipinski definition) is 6. The van der Waals surface area contributed by atoms with Gasteiger partial charge in [-0.25, -0.2) is 9.97 Å². The molecule has 1 aliphatic carbocycles. The summed E-state index contributed by atoms with van der Waals surface area (Å²) in [6.07, 6.45) is 2.59. The molecule has 2 aromatic heterocycles. The van der Waals surface area contributed by atoms with Gasteiger partial charge in [-0.2, -0.15) is 13.2 Å². The maximum atomic E-state index is 12.6. The van der Waals surface area contributed by atoms with Gasteiger partial charge < -0.3 is 9.32 Å². The van der Waals surface area contributed by atoms with Crippen LogP contribution < -0.4 is 4.90 Å². The highest BCUT2D eigenvalue weighted by molar-refractivity contribution is 5.60. The molecule has 6 nitrogen and oxygen atoms in total. The van der Waals surface area contributed by atoms with Crippen molar-refractivity contribution in [2.24, 2.45) is 0 Å². The second-order valence-corrected chi connectivity index (χ2v) is 7.10. The van der Waals surface area contributed by atoms with Crippen LogP contribution in [0.2, 0.25) is 0 Å². The number of benzene rings is 1. The fourth-order valence-corrected chi connectivity index (χ4v) is 4.31. The van der Waals surface area contributed by atoms with Crippen molar-refractivity contribution in [3.8, 4) is 11.5 Å². The lowest BCUT2D eigenvalue weighted by Crippen LogP contribution is -2.19. The van der Waals surface area contributed by atoms with E-state index in [9.17, 15) is 13.2 Å². The number of anilines is 1. The van der Waals surface area contributed by atoms with Gasteiger partial charge in [0.25, 0.3) is 5.89 Å². The first-order valence-electron chi connectivity index (χ1n) is 9.08. The second-order valence-electron chi connectivity index (χ2n) is 7.10. The highest BCUT2D eigenvalue weighted by atomic mass is 19.4. The molecule has 2 atom stereocenters. The van der Waals surface area contributed by atoms with E-state index >= 15 is 0 Å². The number of fused-ring (bicyclic) bond motifs is 1. The van der Waals surface area contributed by atoms with Gasteiger partial charge in [-0.1, -0.05) is 43.2 Å². The van der Waals surface area contributed by atoms with Crippen LogP contribution in [0, 0.1) is 0 Å². The Morgan fingerprint density at radius 3 is 2.46 bits per heavy atom. The molecule has 0 spiro atoms. The van der Waals surface area contributed by atoms with Crippen LogP contribution in [0.4, 0.5) is 19.1 Å².